The summed E-state index contributed by atoms with van der Waals surface area (Å²) in [5.74, 6) is -6.34. The van der Waals surface area contributed by atoms with Crippen LogP contribution in [0.4, 0.5) is 0 Å². The number of hydrogen-bond donors (Lipinski definition) is 10. The van der Waals surface area contributed by atoms with Crippen LogP contribution in [0.5, 0.6) is 63.2 Å². The molecule has 2 aliphatic rings. The van der Waals surface area contributed by atoms with Crippen molar-refractivity contribution in [2.75, 3.05) is 0 Å². The SMILES string of the molecule is O=C(OC1Cc2c(O)cc(O)cc2OC1c1ccc(O)c(O)c1)c1cc(O)c(=O)c2c(O)c(O)cc(C3Oc4cc(O)cc(O)c4CC3O)c2c1. The fourth-order valence-electron chi connectivity index (χ4n) is 6.46. The molecule has 7 rings (SSSR count). The summed E-state index contributed by atoms with van der Waals surface area (Å²) >= 11 is 0. The van der Waals surface area contributed by atoms with Gasteiger partial charge in [-0.1, -0.05) is 6.07 Å². The Hall–Kier alpha value is -6.74. The van der Waals surface area contributed by atoms with Gasteiger partial charge >= 0.3 is 5.97 Å². The zero-order valence-corrected chi connectivity index (χ0v) is 26.0. The van der Waals surface area contributed by atoms with E-state index in [1.807, 2.05) is 0 Å². The number of ether oxygens (including phenoxy) is 3. The fraction of sp³-hybridized carbons (Fsp3) is 0.167. The fourth-order valence-corrected chi connectivity index (χ4v) is 6.46. The monoisotopic (exact) mass is 700 g/mol. The standard InChI is InChI=1S/C36H28O15/c37-15-6-22(40)19-11-27(45)35(50-28(19)8-15)18-10-26(44)33(47)31-17(18)3-14(5-25(43)32(31)46)36(48)51-30-12-20-23(41)7-16(38)9-29(20)49-34(30)13-1-2-21(39)24(42)4-13/h1-10,27,30,34-35,37-42,44-45,47H,11-12H2,(H,43,46). The Morgan fingerprint density at radius 2 is 1.27 bits per heavy atom. The predicted octanol–water partition coefficient (Wildman–Crippen LogP) is 3.49. The number of phenolic OH excluding ortho intramolecular Hbond substituents is 8. The number of carbonyl (C=O) groups excluding carboxylic acids is 1. The highest BCUT2D eigenvalue weighted by molar-refractivity contribution is 5.99. The molecule has 0 amide bonds. The van der Waals surface area contributed by atoms with Gasteiger partial charge in [0, 0.05) is 59.4 Å². The van der Waals surface area contributed by atoms with Crippen LogP contribution in [0.1, 0.15) is 44.8 Å². The van der Waals surface area contributed by atoms with E-state index in [4.69, 9.17) is 14.2 Å². The van der Waals surface area contributed by atoms with Crippen molar-refractivity contribution in [2.45, 2.75) is 37.3 Å². The molecule has 0 aromatic heterocycles. The Morgan fingerprint density at radius 3 is 1.92 bits per heavy atom. The van der Waals surface area contributed by atoms with E-state index in [1.165, 1.54) is 24.3 Å². The van der Waals surface area contributed by atoms with Gasteiger partial charge in [-0.3, -0.25) is 4.79 Å². The van der Waals surface area contributed by atoms with Crippen LogP contribution in [0.3, 0.4) is 0 Å². The van der Waals surface area contributed by atoms with Crippen LogP contribution in [-0.4, -0.2) is 69.2 Å². The number of phenols is 8. The Labute approximate surface area is 285 Å². The number of aromatic hydroxyl groups is 9. The maximum absolute atomic E-state index is 13.9. The van der Waals surface area contributed by atoms with Gasteiger partial charge < -0.3 is 65.3 Å². The molecule has 2 aliphatic heterocycles. The van der Waals surface area contributed by atoms with Gasteiger partial charge in [-0.05, 0) is 35.7 Å². The molecule has 0 saturated heterocycles. The second-order valence-corrected chi connectivity index (χ2v) is 12.2. The number of hydrogen-bond acceptors (Lipinski definition) is 15. The first-order valence-electron chi connectivity index (χ1n) is 15.3. The molecule has 0 aliphatic carbocycles. The Morgan fingerprint density at radius 1 is 0.647 bits per heavy atom. The Bertz CT molecular complexity index is 2340. The van der Waals surface area contributed by atoms with Crippen molar-refractivity contribution in [1.82, 2.24) is 0 Å². The van der Waals surface area contributed by atoms with Crippen LogP contribution in [0.2, 0.25) is 0 Å². The first-order chi connectivity index (χ1) is 24.2. The molecule has 0 radical (unpaired) electrons. The molecule has 0 fully saturated rings. The van der Waals surface area contributed by atoms with Crippen molar-refractivity contribution in [1.29, 1.82) is 0 Å². The lowest BCUT2D eigenvalue weighted by molar-refractivity contribution is -0.0188. The van der Waals surface area contributed by atoms with Crippen LogP contribution in [0.25, 0.3) is 10.8 Å². The predicted molar refractivity (Wildman–Crippen MR) is 174 cm³/mol. The molecule has 0 spiro atoms. The minimum absolute atomic E-state index is 0.0332. The number of esters is 1. The lowest BCUT2D eigenvalue weighted by Gasteiger charge is -2.34. The molecule has 2 heterocycles. The summed E-state index contributed by atoms with van der Waals surface area (Å²) in [7, 11) is 0. The lowest BCUT2D eigenvalue weighted by Crippen LogP contribution is -2.34. The van der Waals surface area contributed by atoms with E-state index in [-0.39, 0.29) is 75.0 Å². The molecule has 51 heavy (non-hydrogen) atoms. The summed E-state index contributed by atoms with van der Waals surface area (Å²) in [6.07, 6.45) is -5.71. The van der Waals surface area contributed by atoms with Gasteiger partial charge in [0.15, 0.2) is 41.0 Å². The third kappa shape index (κ3) is 5.64. The summed E-state index contributed by atoms with van der Waals surface area (Å²) in [6.45, 7) is 0. The van der Waals surface area contributed by atoms with Gasteiger partial charge in [0.05, 0.1) is 17.1 Å². The van der Waals surface area contributed by atoms with E-state index in [1.54, 1.807) is 0 Å². The second-order valence-electron chi connectivity index (χ2n) is 12.2. The average Bonchev–Trinajstić information content (AvgIpc) is 3.20. The van der Waals surface area contributed by atoms with Gasteiger partial charge in [0.1, 0.15) is 40.6 Å². The minimum atomic E-state index is -1.43. The van der Waals surface area contributed by atoms with Crippen molar-refractivity contribution in [2.24, 2.45) is 0 Å². The zero-order valence-electron chi connectivity index (χ0n) is 26.0. The zero-order chi connectivity index (χ0) is 36.5. The average molecular weight is 701 g/mol. The molecule has 15 nitrogen and oxygen atoms in total. The van der Waals surface area contributed by atoms with Crippen LogP contribution >= 0.6 is 0 Å². The molecule has 4 unspecified atom stereocenters. The van der Waals surface area contributed by atoms with Crippen LogP contribution in [-0.2, 0) is 17.6 Å². The summed E-state index contributed by atoms with van der Waals surface area (Å²) in [5.41, 5.74) is -1.26. The molecule has 0 saturated carbocycles. The molecule has 15 heteroatoms. The topological polar surface area (TPSA) is 264 Å². The first kappa shape index (κ1) is 32.8. The van der Waals surface area contributed by atoms with E-state index in [9.17, 15) is 60.7 Å². The molecular weight excluding hydrogens is 672 g/mol. The van der Waals surface area contributed by atoms with E-state index in [2.05, 4.69) is 0 Å². The molecule has 10 N–H and O–H groups in total. The van der Waals surface area contributed by atoms with Crippen molar-refractivity contribution in [3.8, 4) is 63.2 Å². The molecular formula is C36H28O15. The summed E-state index contributed by atoms with van der Waals surface area (Å²) in [6, 6.07) is 11.0. The van der Waals surface area contributed by atoms with Gasteiger partial charge in [-0.15, -0.1) is 0 Å². The summed E-state index contributed by atoms with van der Waals surface area (Å²) in [5, 5.41) is 103. The first-order valence-corrected chi connectivity index (χ1v) is 15.3. The molecule has 4 atom stereocenters. The highest BCUT2D eigenvalue weighted by atomic mass is 16.6. The van der Waals surface area contributed by atoms with Crippen LogP contribution in [0.15, 0.2) is 65.5 Å². The smallest absolute Gasteiger partial charge is 0.338 e. The maximum Gasteiger partial charge on any atom is 0.338 e. The molecule has 0 bridgehead atoms. The molecule has 262 valence electrons. The van der Waals surface area contributed by atoms with Gasteiger partial charge in [-0.25, -0.2) is 4.79 Å². The van der Waals surface area contributed by atoms with E-state index >= 15 is 0 Å². The normalized spacial score (nSPS) is 19.3. The molecule has 5 aromatic carbocycles. The van der Waals surface area contributed by atoms with Crippen molar-refractivity contribution in [3.05, 3.63) is 98.7 Å². The van der Waals surface area contributed by atoms with Crippen molar-refractivity contribution < 1.29 is 70.1 Å². The maximum atomic E-state index is 13.9. The molecule has 5 aromatic rings. The number of aliphatic hydroxyl groups excluding tert-OH is 1. The van der Waals surface area contributed by atoms with Gasteiger partial charge in [-0.2, -0.15) is 0 Å². The number of carbonyl (C=O) groups is 1. The van der Waals surface area contributed by atoms with Gasteiger partial charge in [0.2, 0.25) is 5.43 Å². The number of aliphatic hydroxyl groups is 1. The quantitative estimate of drug-likeness (QED) is 0.0950. The highest BCUT2D eigenvalue weighted by Crippen LogP contribution is 2.47. The van der Waals surface area contributed by atoms with Crippen LogP contribution < -0.4 is 14.9 Å². The Balaban J connectivity index is 1.34. The summed E-state index contributed by atoms with van der Waals surface area (Å²) in [4.78, 5) is 27.3. The summed E-state index contributed by atoms with van der Waals surface area (Å²) < 4.78 is 17.8. The second kappa shape index (κ2) is 12.0. The third-order valence-electron chi connectivity index (χ3n) is 8.89. The number of fused-ring (bicyclic) bond motifs is 3. The number of benzene rings is 4. The third-order valence-corrected chi connectivity index (χ3v) is 8.89. The van der Waals surface area contributed by atoms with Gasteiger partial charge in [0.25, 0.3) is 0 Å². The Kier molecular flexibility index (Phi) is 7.71. The van der Waals surface area contributed by atoms with E-state index in [0.717, 1.165) is 36.4 Å². The lowest BCUT2D eigenvalue weighted by atomic mass is 9.91. The van der Waals surface area contributed by atoms with Crippen molar-refractivity contribution >= 4 is 16.7 Å². The highest BCUT2D eigenvalue weighted by Gasteiger charge is 2.38. The minimum Gasteiger partial charge on any atom is -0.508 e. The number of rotatable bonds is 4. The van der Waals surface area contributed by atoms with Crippen LogP contribution in [0, 0.1) is 0 Å². The van der Waals surface area contributed by atoms with E-state index in [0.29, 0.717) is 0 Å². The largest absolute Gasteiger partial charge is 0.508 e. The van der Waals surface area contributed by atoms with Crippen molar-refractivity contribution in [3.63, 3.8) is 0 Å². The van der Waals surface area contributed by atoms with E-state index < -0.39 is 75.5 Å².